The second kappa shape index (κ2) is 8.11. The Bertz CT molecular complexity index is 389. The third kappa shape index (κ3) is 6.33. The normalized spacial score (nSPS) is 15.0. The summed E-state index contributed by atoms with van der Waals surface area (Å²) in [7, 11) is 2.21. The van der Waals surface area contributed by atoms with E-state index in [0.717, 1.165) is 24.6 Å². The van der Waals surface area contributed by atoms with Crippen LogP contribution in [0.4, 0.5) is 0 Å². The monoisotopic (exact) mass is 297 g/mol. The minimum Gasteiger partial charge on any atom is -0.314 e. The molecule has 0 spiro atoms. The lowest BCUT2D eigenvalue weighted by Crippen LogP contribution is -2.42. The zero-order chi connectivity index (χ0) is 15.2. The Kier molecular flexibility index (Phi) is 7.13. The molecule has 0 radical (unpaired) electrons. The maximum atomic E-state index is 4.56. The molecule has 0 fully saturated rings. The first-order valence-corrected chi connectivity index (χ1v) is 8.55. The Morgan fingerprint density at radius 3 is 2.65 bits per heavy atom. The third-order valence-electron chi connectivity index (χ3n) is 3.54. The number of hydrogen-bond acceptors (Lipinski definition) is 4. The SMILES string of the molecule is CCCC(C)(CNC(C)C)CN(C)Cc1csc(C)n1. The fourth-order valence-electron chi connectivity index (χ4n) is 2.74. The van der Waals surface area contributed by atoms with E-state index < -0.39 is 0 Å². The molecular weight excluding hydrogens is 266 g/mol. The molecule has 4 heteroatoms. The molecule has 1 atom stereocenters. The third-order valence-corrected chi connectivity index (χ3v) is 4.36. The van der Waals surface area contributed by atoms with Crippen LogP contribution in [-0.2, 0) is 6.54 Å². The number of nitrogens with one attached hydrogen (secondary N) is 1. The van der Waals surface area contributed by atoms with E-state index in [1.54, 1.807) is 11.3 Å². The lowest BCUT2D eigenvalue weighted by Gasteiger charge is -2.34. The predicted octanol–water partition coefficient (Wildman–Crippen LogP) is 3.69. The lowest BCUT2D eigenvalue weighted by molar-refractivity contribution is 0.164. The smallest absolute Gasteiger partial charge is 0.0897 e. The number of nitrogens with zero attached hydrogens (tertiary/aromatic N) is 2. The summed E-state index contributed by atoms with van der Waals surface area (Å²) in [4.78, 5) is 6.97. The van der Waals surface area contributed by atoms with Gasteiger partial charge in [-0.3, -0.25) is 4.90 Å². The number of hydrogen-bond donors (Lipinski definition) is 1. The van der Waals surface area contributed by atoms with Gasteiger partial charge in [-0.25, -0.2) is 4.98 Å². The van der Waals surface area contributed by atoms with Crippen molar-refractivity contribution < 1.29 is 0 Å². The van der Waals surface area contributed by atoms with Gasteiger partial charge in [0.2, 0.25) is 0 Å². The van der Waals surface area contributed by atoms with Crippen LogP contribution in [0.25, 0.3) is 0 Å². The summed E-state index contributed by atoms with van der Waals surface area (Å²) in [5.74, 6) is 0. The van der Waals surface area contributed by atoms with Crippen molar-refractivity contribution >= 4 is 11.3 Å². The zero-order valence-electron chi connectivity index (χ0n) is 14.0. The topological polar surface area (TPSA) is 28.2 Å². The van der Waals surface area contributed by atoms with E-state index in [9.17, 15) is 0 Å². The molecule has 1 N–H and O–H groups in total. The van der Waals surface area contributed by atoms with Gasteiger partial charge in [0.05, 0.1) is 10.7 Å². The highest BCUT2D eigenvalue weighted by atomic mass is 32.1. The van der Waals surface area contributed by atoms with Crippen LogP contribution in [0, 0.1) is 12.3 Å². The Hall–Kier alpha value is -0.450. The molecule has 0 amide bonds. The van der Waals surface area contributed by atoms with Crippen LogP contribution in [0.1, 0.15) is 51.2 Å². The molecule has 0 bridgehead atoms. The first kappa shape index (κ1) is 17.6. The molecule has 116 valence electrons. The van der Waals surface area contributed by atoms with Gasteiger partial charge >= 0.3 is 0 Å². The van der Waals surface area contributed by atoms with Gasteiger partial charge < -0.3 is 5.32 Å². The second-order valence-corrected chi connectivity index (χ2v) is 7.69. The van der Waals surface area contributed by atoms with Crippen molar-refractivity contribution in [2.45, 2.75) is 60.0 Å². The Labute approximate surface area is 128 Å². The van der Waals surface area contributed by atoms with E-state index in [1.807, 2.05) is 0 Å². The highest BCUT2D eigenvalue weighted by Crippen LogP contribution is 2.24. The van der Waals surface area contributed by atoms with Crippen LogP contribution in [-0.4, -0.2) is 36.1 Å². The molecule has 0 aliphatic rings. The van der Waals surface area contributed by atoms with Gasteiger partial charge in [0.25, 0.3) is 0 Å². The van der Waals surface area contributed by atoms with Crippen LogP contribution >= 0.6 is 11.3 Å². The summed E-state index contributed by atoms with van der Waals surface area (Å²) >= 11 is 1.74. The molecule has 1 aromatic rings. The average Bonchev–Trinajstić information content (AvgIpc) is 2.72. The molecule has 1 heterocycles. The summed E-state index contributed by atoms with van der Waals surface area (Å²) in [6.45, 7) is 14.3. The van der Waals surface area contributed by atoms with Crippen molar-refractivity contribution in [3.05, 3.63) is 16.1 Å². The maximum Gasteiger partial charge on any atom is 0.0897 e. The van der Waals surface area contributed by atoms with Gasteiger partial charge in [-0.2, -0.15) is 0 Å². The molecule has 0 aliphatic heterocycles. The zero-order valence-corrected chi connectivity index (χ0v) is 14.8. The van der Waals surface area contributed by atoms with Gasteiger partial charge in [0.1, 0.15) is 0 Å². The molecule has 0 aliphatic carbocycles. The molecule has 20 heavy (non-hydrogen) atoms. The summed E-state index contributed by atoms with van der Waals surface area (Å²) in [6.07, 6.45) is 2.49. The van der Waals surface area contributed by atoms with E-state index in [1.165, 1.54) is 18.5 Å². The first-order chi connectivity index (χ1) is 9.34. The van der Waals surface area contributed by atoms with Crippen LogP contribution < -0.4 is 5.32 Å². The Balaban J connectivity index is 2.54. The van der Waals surface area contributed by atoms with Crippen molar-refractivity contribution in [3.8, 4) is 0 Å². The number of aryl methyl sites for hydroxylation is 1. The highest BCUT2D eigenvalue weighted by molar-refractivity contribution is 7.09. The fourth-order valence-corrected chi connectivity index (χ4v) is 3.35. The van der Waals surface area contributed by atoms with Crippen molar-refractivity contribution in [2.75, 3.05) is 20.1 Å². The summed E-state index contributed by atoms with van der Waals surface area (Å²) in [6, 6.07) is 0.553. The number of thiazole rings is 1. The Morgan fingerprint density at radius 2 is 2.15 bits per heavy atom. The molecule has 0 saturated carbocycles. The lowest BCUT2D eigenvalue weighted by atomic mass is 9.84. The standard InChI is InChI=1S/C16H31N3S/c1-7-8-16(5,11-17-13(2)3)12-19(6)9-15-10-20-14(4)18-15/h10,13,17H,7-9,11-12H2,1-6H3. The van der Waals surface area contributed by atoms with Crippen molar-refractivity contribution in [3.63, 3.8) is 0 Å². The van der Waals surface area contributed by atoms with Crippen molar-refractivity contribution in [1.29, 1.82) is 0 Å². The molecule has 0 saturated heterocycles. The van der Waals surface area contributed by atoms with Crippen molar-refractivity contribution in [2.24, 2.45) is 5.41 Å². The minimum absolute atomic E-state index is 0.332. The first-order valence-electron chi connectivity index (χ1n) is 7.67. The minimum atomic E-state index is 0.332. The van der Waals surface area contributed by atoms with Gasteiger partial charge in [0.15, 0.2) is 0 Å². The maximum absolute atomic E-state index is 4.56. The summed E-state index contributed by atoms with van der Waals surface area (Å²) in [5.41, 5.74) is 1.53. The average molecular weight is 298 g/mol. The van der Waals surface area contributed by atoms with E-state index in [-0.39, 0.29) is 0 Å². The van der Waals surface area contributed by atoms with Crippen LogP contribution in [0.3, 0.4) is 0 Å². The van der Waals surface area contributed by atoms with Gasteiger partial charge in [0, 0.05) is 31.1 Å². The van der Waals surface area contributed by atoms with Gasteiger partial charge in [-0.1, -0.05) is 34.1 Å². The molecule has 1 unspecified atom stereocenters. The van der Waals surface area contributed by atoms with E-state index in [4.69, 9.17) is 0 Å². The molecule has 0 aromatic carbocycles. The quantitative estimate of drug-likeness (QED) is 0.753. The summed E-state index contributed by atoms with van der Waals surface area (Å²) < 4.78 is 0. The van der Waals surface area contributed by atoms with Crippen LogP contribution in [0.15, 0.2) is 5.38 Å². The highest BCUT2D eigenvalue weighted by Gasteiger charge is 2.25. The molecule has 3 nitrogen and oxygen atoms in total. The van der Waals surface area contributed by atoms with Gasteiger partial charge in [-0.05, 0) is 25.8 Å². The number of aromatic nitrogens is 1. The van der Waals surface area contributed by atoms with Crippen LogP contribution in [0.2, 0.25) is 0 Å². The van der Waals surface area contributed by atoms with E-state index in [0.29, 0.717) is 11.5 Å². The Morgan fingerprint density at radius 1 is 1.45 bits per heavy atom. The largest absolute Gasteiger partial charge is 0.314 e. The van der Waals surface area contributed by atoms with Crippen molar-refractivity contribution in [1.82, 2.24) is 15.2 Å². The van der Waals surface area contributed by atoms with Crippen LogP contribution in [0.5, 0.6) is 0 Å². The van der Waals surface area contributed by atoms with Gasteiger partial charge in [-0.15, -0.1) is 11.3 Å². The number of rotatable bonds is 9. The predicted molar refractivity (Wildman–Crippen MR) is 89.3 cm³/mol. The fraction of sp³-hybridized carbons (Fsp3) is 0.812. The van der Waals surface area contributed by atoms with E-state index in [2.05, 4.69) is 62.2 Å². The second-order valence-electron chi connectivity index (χ2n) is 6.63. The van der Waals surface area contributed by atoms with E-state index >= 15 is 0 Å². The summed E-state index contributed by atoms with van der Waals surface area (Å²) in [5, 5.41) is 6.94. The molecular formula is C16H31N3S. The molecule has 1 aromatic heterocycles. The molecule has 1 rings (SSSR count).